The molecule has 96 valence electrons. The highest BCUT2D eigenvalue weighted by Gasteiger charge is 2.07. The highest BCUT2D eigenvalue weighted by atomic mass is 16.5. The van der Waals surface area contributed by atoms with Gasteiger partial charge in [0.1, 0.15) is 0 Å². The van der Waals surface area contributed by atoms with Gasteiger partial charge in [0.15, 0.2) is 0 Å². The maximum Gasteiger partial charge on any atom is 0.207 e. The molecule has 0 spiro atoms. The summed E-state index contributed by atoms with van der Waals surface area (Å²) in [5, 5.41) is 3.40. The van der Waals surface area contributed by atoms with E-state index in [1.165, 1.54) is 0 Å². The van der Waals surface area contributed by atoms with Gasteiger partial charge in [-0.1, -0.05) is 18.2 Å². The third kappa shape index (κ3) is 3.11. The quantitative estimate of drug-likeness (QED) is 0.850. The highest BCUT2D eigenvalue weighted by molar-refractivity contribution is 5.41. The van der Waals surface area contributed by atoms with E-state index in [1.54, 1.807) is 13.3 Å². The van der Waals surface area contributed by atoms with E-state index in [0.717, 1.165) is 24.7 Å². The lowest BCUT2D eigenvalue weighted by molar-refractivity contribution is 0.191. The monoisotopic (exact) mass is 245 g/mol. The molecule has 2 aromatic rings. The summed E-state index contributed by atoms with van der Waals surface area (Å²) < 4.78 is 7.12. The summed E-state index contributed by atoms with van der Waals surface area (Å²) in [6, 6.07) is 10.5. The Balaban J connectivity index is 2.09. The Morgan fingerprint density at radius 1 is 1.33 bits per heavy atom. The van der Waals surface area contributed by atoms with Crippen molar-refractivity contribution in [2.45, 2.75) is 19.4 Å². The zero-order valence-corrected chi connectivity index (χ0v) is 10.8. The number of rotatable bonds is 6. The number of ether oxygens (including phenoxy) is 1. The number of nitrogens with zero attached hydrogens (tertiary/aromatic N) is 2. The van der Waals surface area contributed by atoms with Crippen LogP contribution in [0.25, 0.3) is 5.69 Å². The maximum atomic E-state index is 5.08. The van der Waals surface area contributed by atoms with E-state index in [1.807, 2.05) is 29.0 Å². The molecule has 0 bridgehead atoms. The largest absolute Gasteiger partial charge is 0.385 e. The molecular weight excluding hydrogens is 226 g/mol. The average molecular weight is 245 g/mol. The molecule has 2 rings (SSSR count). The Bertz CT molecular complexity index is 467. The van der Waals surface area contributed by atoms with Gasteiger partial charge < -0.3 is 10.1 Å². The highest BCUT2D eigenvalue weighted by Crippen LogP contribution is 2.15. The third-order valence-corrected chi connectivity index (χ3v) is 2.81. The van der Waals surface area contributed by atoms with Crippen LogP contribution in [0.3, 0.4) is 0 Å². The summed E-state index contributed by atoms with van der Waals surface area (Å²) in [6.45, 7) is 2.88. The summed E-state index contributed by atoms with van der Waals surface area (Å²) in [4.78, 5) is 4.35. The smallest absolute Gasteiger partial charge is 0.207 e. The zero-order chi connectivity index (χ0) is 12.8. The Morgan fingerprint density at radius 3 is 2.83 bits per heavy atom. The summed E-state index contributed by atoms with van der Waals surface area (Å²) in [7, 11) is 1.72. The van der Waals surface area contributed by atoms with Gasteiger partial charge in [0.2, 0.25) is 5.95 Å². The van der Waals surface area contributed by atoms with Crippen molar-refractivity contribution in [2.75, 3.05) is 19.0 Å². The Labute approximate surface area is 108 Å². The number of aromatic nitrogens is 2. The van der Waals surface area contributed by atoms with Crippen molar-refractivity contribution < 1.29 is 4.74 Å². The van der Waals surface area contributed by atoms with Crippen LogP contribution < -0.4 is 5.32 Å². The van der Waals surface area contributed by atoms with Gasteiger partial charge in [0.25, 0.3) is 0 Å². The van der Waals surface area contributed by atoms with Gasteiger partial charge in [-0.25, -0.2) is 4.98 Å². The number of imidazole rings is 1. The van der Waals surface area contributed by atoms with Gasteiger partial charge in [-0.3, -0.25) is 4.57 Å². The molecule has 1 N–H and O–H groups in total. The second kappa shape index (κ2) is 6.21. The van der Waals surface area contributed by atoms with Crippen LogP contribution >= 0.6 is 0 Å². The Morgan fingerprint density at radius 2 is 2.11 bits per heavy atom. The molecule has 0 saturated carbocycles. The molecule has 0 saturated heterocycles. The molecule has 1 aromatic heterocycles. The summed E-state index contributed by atoms with van der Waals surface area (Å²) in [5.74, 6) is 0.866. The lowest BCUT2D eigenvalue weighted by Crippen LogP contribution is -2.19. The summed E-state index contributed by atoms with van der Waals surface area (Å²) in [6.07, 6.45) is 4.72. The standard InChI is InChI=1S/C14H19N3O/c1-12(8-11-18-2)16-14-15-9-10-17(14)13-6-4-3-5-7-13/h3-7,9-10,12H,8,11H2,1-2H3,(H,15,16). The lowest BCUT2D eigenvalue weighted by Gasteiger charge is -2.15. The molecule has 18 heavy (non-hydrogen) atoms. The minimum atomic E-state index is 0.329. The molecular formula is C14H19N3O. The Kier molecular flexibility index (Phi) is 4.36. The fourth-order valence-corrected chi connectivity index (χ4v) is 1.79. The van der Waals surface area contributed by atoms with Crippen LogP contribution in [-0.2, 0) is 4.74 Å². The van der Waals surface area contributed by atoms with Crippen molar-refractivity contribution in [3.05, 3.63) is 42.7 Å². The van der Waals surface area contributed by atoms with Gasteiger partial charge in [0.05, 0.1) is 0 Å². The van der Waals surface area contributed by atoms with E-state index >= 15 is 0 Å². The molecule has 1 atom stereocenters. The minimum Gasteiger partial charge on any atom is -0.385 e. The molecule has 1 aromatic carbocycles. The minimum absolute atomic E-state index is 0.329. The SMILES string of the molecule is COCCC(C)Nc1nccn1-c1ccccc1. The molecule has 4 nitrogen and oxygen atoms in total. The number of hydrogen-bond donors (Lipinski definition) is 1. The first-order valence-electron chi connectivity index (χ1n) is 6.15. The third-order valence-electron chi connectivity index (χ3n) is 2.81. The maximum absolute atomic E-state index is 5.08. The molecule has 0 amide bonds. The van der Waals surface area contributed by atoms with Crippen molar-refractivity contribution in [1.29, 1.82) is 0 Å². The van der Waals surface area contributed by atoms with Crippen LogP contribution in [0.4, 0.5) is 5.95 Å². The van der Waals surface area contributed by atoms with E-state index in [4.69, 9.17) is 4.74 Å². The van der Waals surface area contributed by atoms with Gasteiger partial charge in [-0.15, -0.1) is 0 Å². The molecule has 0 fully saturated rings. The van der Waals surface area contributed by atoms with Gasteiger partial charge in [0, 0.05) is 37.8 Å². The van der Waals surface area contributed by atoms with E-state index in [0.29, 0.717) is 6.04 Å². The first-order valence-corrected chi connectivity index (χ1v) is 6.15. The normalized spacial score (nSPS) is 12.3. The molecule has 4 heteroatoms. The summed E-state index contributed by atoms with van der Waals surface area (Å²) >= 11 is 0. The van der Waals surface area contributed by atoms with E-state index in [9.17, 15) is 0 Å². The second-order valence-electron chi connectivity index (χ2n) is 4.28. The molecule has 0 radical (unpaired) electrons. The van der Waals surface area contributed by atoms with Gasteiger partial charge >= 0.3 is 0 Å². The van der Waals surface area contributed by atoms with Gasteiger partial charge in [-0.2, -0.15) is 0 Å². The fraction of sp³-hybridized carbons (Fsp3) is 0.357. The van der Waals surface area contributed by atoms with Crippen molar-refractivity contribution >= 4 is 5.95 Å². The van der Waals surface area contributed by atoms with Gasteiger partial charge in [-0.05, 0) is 25.5 Å². The van der Waals surface area contributed by atoms with E-state index < -0.39 is 0 Å². The molecule has 0 aliphatic rings. The topological polar surface area (TPSA) is 39.1 Å². The predicted molar refractivity (Wildman–Crippen MR) is 73.1 cm³/mol. The number of methoxy groups -OCH3 is 1. The van der Waals surface area contributed by atoms with Crippen LogP contribution in [0.2, 0.25) is 0 Å². The number of anilines is 1. The van der Waals surface area contributed by atoms with E-state index in [-0.39, 0.29) is 0 Å². The van der Waals surface area contributed by atoms with Crippen LogP contribution in [0.15, 0.2) is 42.7 Å². The number of benzene rings is 1. The molecule has 0 aliphatic heterocycles. The summed E-state index contributed by atoms with van der Waals surface area (Å²) in [5.41, 5.74) is 1.11. The van der Waals surface area contributed by atoms with Crippen molar-refractivity contribution in [2.24, 2.45) is 0 Å². The molecule has 0 aliphatic carbocycles. The van der Waals surface area contributed by atoms with Crippen molar-refractivity contribution in [1.82, 2.24) is 9.55 Å². The predicted octanol–water partition coefficient (Wildman–Crippen LogP) is 2.71. The second-order valence-corrected chi connectivity index (χ2v) is 4.28. The van der Waals surface area contributed by atoms with Crippen LogP contribution in [-0.4, -0.2) is 29.3 Å². The van der Waals surface area contributed by atoms with Crippen molar-refractivity contribution in [3.8, 4) is 5.69 Å². The number of hydrogen-bond acceptors (Lipinski definition) is 3. The average Bonchev–Trinajstić information content (AvgIpc) is 2.85. The molecule has 1 heterocycles. The zero-order valence-electron chi connectivity index (χ0n) is 10.8. The van der Waals surface area contributed by atoms with Crippen molar-refractivity contribution in [3.63, 3.8) is 0 Å². The van der Waals surface area contributed by atoms with Crippen LogP contribution in [0, 0.1) is 0 Å². The molecule has 1 unspecified atom stereocenters. The number of para-hydroxylation sites is 1. The van der Waals surface area contributed by atoms with Crippen LogP contribution in [0.5, 0.6) is 0 Å². The number of nitrogens with one attached hydrogen (secondary N) is 1. The van der Waals surface area contributed by atoms with E-state index in [2.05, 4.69) is 29.4 Å². The van der Waals surface area contributed by atoms with Crippen LogP contribution in [0.1, 0.15) is 13.3 Å². The lowest BCUT2D eigenvalue weighted by atomic mass is 10.2. The fourth-order valence-electron chi connectivity index (χ4n) is 1.79. The Hall–Kier alpha value is -1.81. The first-order chi connectivity index (χ1) is 8.81. The first kappa shape index (κ1) is 12.6.